The van der Waals surface area contributed by atoms with Crippen molar-refractivity contribution >= 4 is 11.8 Å². The van der Waals surface area contributed by atoms with Crippen LogP contribution in [-0.2, 0) is 21.5 Å². The van der Waals surface area contributed by atoms with Gasteiger partial charge in [-0.3, -0.25) is 20.2 Å². The van der Waals surface area contributed by atoms with Gasteiger partial charge in [-0.2, -0.15) is 0 Å². The molecule has 0 radical (unpaired) electrons. The second-order valence-electron chi connectivity index (χ2n) is 11.4. The summed E-state index contributed by atoms with van der Waals surface area (Å²) in [5, 5.41) is 7.26. The van der Waals surface area contributed by atoms with Gasteiger partial charge in [-0.25, -0.2) is 0 Å². The summed E-state index contributed by atoms with van der Waals surface area (Å²) in [5.74, 6) is 1.33. The van der Waals surface area contributed by atoms with Crippen molar-refractivity contribution in [3.8, 4) is 5.75 Å². The number of fused-ring (bicyclic) bond motifs is 1. The second kappa shape index (κ2) is 12.5. The van der Waals surface area contributed by atoms with E-state index < -0.39 is 5.54 Å². The molecule has 3 aliphatic rings. The topological polar surface area (TPSA) is 83.8 Å². The number of unbranched alkanes of at least 4 members (excludes halogenated alkanes) is 2. The number of carbonyl (C=O) groups is 2. The molecule has 0 aliphatic carbocycles. The largest absolute Gasteiger partial charge is 0.484 e. The maximum absolute atomic E-state index is 14.3. The zero-order valence-corrected chi connectivity index (χ0v) is 23.5. The minimum absolute atomic E-state index is 0.0287. The number of benzene rings is 2. The van der Waals surface area contributed by atoms with E-state index in [9.17, 15) is 9.59 Å². The van der Waals surface area contributed by atoms with E-state index in [2.05, 4.69) is 53.6 Å². The van der Waals surface area contributed by atoms with Crippen molar-refractivity contribution in [2.24, 2.45) is 5.92 Å². The van der Waals surface area contributed by atoms with E-state index in [0.717, 1.165) is 63.5 Å². The van der Waals surface area contributed by atoms with E-state index in [-0.39, 0.29) is 30.8 Å². The number of nitrogens with zero attached hydrogens (tertiary/aromatic N) is 2. The Bertz CT molecular complexity index is 1120. The summed E-state index contributed by atoms with van der Waals surface area (Å²) in [6.07, 6.45) is 8.21. The first-order valence-corrected chi connectivity index (χ1v) is 14.9. The number of aryl methyl sites for hydroxylation is 1. The van der Waals surface area contributed by atoms with Crippen molar-refractivity contribution in [1.82, 2.24) is 20.4 Å². The molecule has 3 unspecified atom stereocenters. The third-order valence-electron chi connectivity index (χ3n) is 8.59. The smallest absolute Gasteiger partial charge is 0.260 e. The monoisotopic (exact) mass is 532 g/mol. The molecule has 2 amide bonds. The molecule has 3 fully saturated rings. The highest BCUT2D eigenvalue weighted by molar-refractivity contribution is 5.90. The number of piperazine rings is 1. The van der Waals surface area contributed by atoms with Crippen molar-refractivity contribution in [2.45, 2.75) is 83.1 Å². The summed E-state index contributed by atoms with van der Waals surface area (Å²) < 4.78 is 5.67. The summed E-state index contributed by atoms with van der Waals surface area (Å²) in [6, 6.07) is 18.2. The molecule has 210 valence electrons. The SMILES string of the molecule is CCCCc1cccc(C2(CCCC)NC3NC3N(CC3CCN(C(=O)COc4ccccc4)CC3)C2=O)c1. The molecule has 2 aromatic rings. The van der Waals surface area contributed by atoms with Gasteiger partial charge in [0.05, 0.1) is 6.17 Å². The van der Waals surface area contributed by atoms with Crippen LogP contribution in [0.15, 0.2) is 54.6 Å². The number of rotatable bonds is 12. The van der Waals surface area contributed by atoms with E-state index in [0.29, 0.717) is 24.8 Å². The predicted octanol–water partition coefficient (Wildman–Crippen LogP) is 4.42. The Kier molecular flexibility index (Phi) is 8.88. The van der Waals surface area contributed by atoms with Crippen molar-refractivity contribution in [3.63, 3.8) is 0 Å². The Hall–Kier alpha value is -2.90. The normalized spacial score (nSPS) is 24.9. The number of piperidine rings is 1. The molecule has 0 aromatic heterocycles. The number of nitrogens with one attached hydrogen (secondary N) is 2. The van der Waals surface area contributed by atoms with Crippen LogP contribution in [-0.4, -0.2) is 60.2 Å². The summed E-state index contributed by atoms with van der Waals surface area (Å²) in [5.41, 5.74) is 1.73. The first-order valence-electron chi connectivity index (χ1n) is 14.9. The lowest BCUT2D eigenvalue weighted by molar-refractivity contribution is -0.144. The highest BCUT2D eigenvalue weighted by atomic mass is 16.5. The molecule has 3 saturated heterocycles. The summed E-state index contributed by atoms with van der Waals surface area (Å²) in [6.45, 7) is 6.63. The predicted molar refractivity (Wildman–Crippen MR) is 153 cm³/mol. The fourth-order valence-electron chi connectivity index (χ4n) is 6.16. The third kappa shape index (κ3) is 6.30. The number of likely N-dealkylation sites (tertiary alicyclic amines) is 1. The Morgan fingerprint density at radius 2 is 1.79 bits per heavy atom. The van der Waals surface area contributed by atoms with Crippen LogP contribution in [0.3, 0.4) is 0 Å². The Morgan fingerprint density at radius 1 is 1.03 bits per heavy atom. The van der Waals surface area contributed by atoms with Crippen molar-refractivity contribution in [1.29, 1.82) is 0 Å². The molecule has 2 aromatic carbocycles. The standard InChI is InChI=1S/C32H44N4O3/c1-3-5-11-24-12-10-13-26(21-24)32(18-6-4-2)31(38)36(30-29(33-30)34-32)22-25-16-19-35(20-17-25)28(37)23-39-27-14-8-7-9-15-27/h7-10,12-15,21,25,29-30,33-34H,3-6,11,16-20,22-23H2,1-2H3. The highest BCUT2D eigenvalue weighted by Gasteiger charge is 2.58. The maximum atomic E-state index is 14.3. The van der Waals surface area contributed by atoms with Gasteiger partial charge in [-0.1, -0.05) is 75.6 Å². The third-order valence-corrected chi connectivity index (χ3v) is 8.59. The molecule has 3 heterocycles. The van der Waals surface area contributed by atoms with Gasteiger partial charge in [0.1, 0.15) is 17.5 Å². The van der Waals surface area contributed by atoms with E-state index >= 15 is 0 Å². The minimum Gasteiger partial charge on any atom is -0.484 e. The number of hydrogen-bond donors (Lipinski definition) is 2. The van der Waals surface area contributed by atoms with Gasteiger partial charge in [0.25, 0.3) is 5.91 Å². The Balaban J connectivity index is 1.23. The summed E-state index contributed by atoms with van der Waals surface area (Å²) >= 11 is 0. The molecule has 0 spiro atoms. The molecule has 7 heteroatoms. The highest BCUT2D eigenvalue weighted by Crippen LogP contribution is 2.39. The molecule has 0 saturated carbocycles. The van der Waals surface area contributed by atoms with Crippen LogP contribution in [0.1, 0.15) is 69.9 Å². The van der Waals surface area contributed by atoms with Crippen molar-refractivity contribution in [2.75, 3.05) is 26.2 Å². The molecule has 2 N–H and O–H groups in total. The molecule has 5 rings (SSSR count). The second-order valence-corrected chi connectivity index (χ2v) is 11.4. The zero-order chi connectivity index (χ0) is 27.2. The lowest BCUT2D eigenvalue weighted by Gasteiger charge is -2.43. The van der Waals surface area contributed by atoms with Gasteiger partial charge < -0.3 is 14.5 Å². The number of ether oxygens (including phenoxy) is 1. The van der Waals surface area contributed by atoms with Crippen molar-refractivity contribution in [3.05, 3.63) is 65.7 Å². The van der Waals surface area contributed by atoms with Gasteiger partial charge in [-0.05, 0) is 61.3 Å². The average Bonchev–Trinajstić information content (AvgIpc) is 3.75. The molecule has 3 atom stereocenters. The lowest BCUT2D eigenvalue weighted by atomic mass is 9.80. The fourth-order valence-corrected chi connectivity index (χ4v) is 6.16. The molecule has 39 heavy (non-hydrogen) atoms. The molecule has 7 nitrogen and oxygen atoms in total. The van der Waals surface area contributed by atoms with E-state index in [4.69, 9.17) is 4.74 Å². The van der Waals surface area contributed by atoms with E-state index in [1.807, 2.05) is 35.2 Å². The first-order chi connectivity index (χ1) is 19.0. The van der Waals surface area contributed by atoms with Crippen LogP contribution in [0.25, 0.3) is 0 Å². The number of hydrogen-bond acceptors (Lipinski definition) is 5. The molecular formula is C32H44N4O3. The summed E-state index contributed by atoms with van der Waals surface area (Å²) in [4.78, 5) is 31.1. The van der Waals surface area contributed by atoms with E-state index in [1.165, 1.54) is 5.56 Å². The molecule has 0 bridgehead atoms. The van der Waals surface area contributed by atoms with Crippen LogP contribution in [0.4, 0.5) is 0 Å². The lowest BCUT2D eigenvalue weighted by Crippen LogP contribution is -2.63. The zero-order valence-electron chi connectivity index (χ0n) is 23.5. The number of amides is 2. The van der Waals surface area contributed by atoms with Gasteiger partial charge in [0.2, 0.25) is 5.91 Å². The molecule has 3 aliphatic heterocycles. The van der Waals surface area contributed by atoms with Gasteiger partial charge in [-0.15, -0.1) is 0 Å². The quantitative estimate of drug-likeness (QED) is 0.396. The average molecular weight is 533 g/mol. The van der Waals surface area contributed by atoms with Crippen LogP contribution in [0, 0.1) is 5.92 Å². The van der Waals surface area contributed by atoms with E-state index in [1.54, 1.807) is 0 Å². The van der Waals surface area contributed by atoms with Crippen LogP contribution < -0.4 is 15.4 Å². The van der Waals surface area contributed by atoms with Crippen LogP contribution >= 0.6 is 0 Å². The van der Waals surface area contributed by atoms with Crippen LogP contribution in [0.2, 0.25) is 0 Å². The molecular weight excluding hydrogens is 488 g/mol. The minimum atomic E-state index is -0.686. The Morgan fingerprint density at radius 3 is 2.54 bits per heavy atom. The first kappa shape index (κ1) is 27.7. The fraction of sp³-hybridized carbons (Fsp3) is 0.562. The van der Waals surface area contributed by atoms with Gasteiger partial charge >= 0.3 is 0 Å². The number of carbonyl (C=O) groups excluding carboxylic acids is 2. The van der Waals surface area contributed by atoms with Crippen molar-refractivity contribution < 1.29 is 14.3 Å². The van der Waals surface area contributed by atoms with Gasteiger partial charge in [0, 0.05) is 19.6 Å². The maximum Gasteiger partial charge on any atom is 0.260 e. The number of para-hydroxylation sites is 1. The summed E-state index contributed by atoms with van der Waals surface area (Å²) in [7, 11) is 0. The van der Waals surface area contributed by atoms with Gasteiger partial charge in [0.15, 0.2) is 6.61 Å². The van der Waals surface area contributed by atoms with Crippen LogP contribution in [0.5, 0.6) is 5.75 Å². The Labute approximate surface area is 233 Å².